The molecule has 1 heterocycles. The van der Waals surface area contributed by atoms with Gasteiger partial charge in [0.15, 0.2) is 5.78 Å². The van der Waals surface area contributed by atoms with Crippen LogP contribution in [0.4, 0.5) is 0 Å². The lowest BCUT2D eigenvalue weighted by molar-refractivity contribution is 0.0760. The number of hydrogen-bond acceptors (Lipinski definition) is 2. The Morgan fingerprint density at radius 2 is 1.71 bits per heavy atom. The highest BCUT2D eigenvalue weighted by molar-refractivity contribution is 6.22. The van der Waals surface area contributed by atoms with Gasteiger partial charge in [-0.1, -0.05) is 37.3 Å². The van der Waals surface area contributed by atoms with Crippen LogP contribution in [-0.2, 0) is 0 Å². The van der Waals surface area contributed by atoms with E-state index >= 15 is 0 Å². The van der Waals surface area contributed by atoms with Crippen molar-refractivity contribution in [2.24, 2.45) is 5.92 Å². The first-order valence-electron chi connectivity index (χ1n) is 8.72. The standard InChI is InChI=1S/C21H21NO2/c1-14-5-4-11-22(12-10-14)21(24)15-8-9-17-16-6-2-3-7-18(16)20(23)19(17)13-15/h2-3,6-9,13-14H,4-5,10-12H2,1H3. The molecule has 0 aromatic heterocycles. The molecule has 2 aliphatic rings. The number of nitrogens with zero attached hydrogens (tertiary/aromatic N) is 1. The van der Waals surface area contributed by atoms with Gasteiger partial charge in [-0.15, -0.1) is 0 Å². The monoisotopic (exact) mass is 319 g/mol. The summed E-state index contributed by atoms with van der Waals surface area (Å²) in [5, 5.41) is 0. The van der Waals surface area contributed by atoms with Crippen molar-refractivity contribution in [1.82, 2.24) is 4.90 Å². The first-order chi connectivity index (χ1) is 11.6. The van der Waals surface area contributed by atoms with Crippen LogP contribution in [0.1, 0.15) is 52.5 Å². The zero-order chi connectivity index (χ0) is 16.7. The Hall–Kier alpha value is -2.42. The minimum absolute atomic E-state index is 0.0275. The number of hydrogen-bond donors (Lipinski definition) is 0. The summed E-state index contributed by atoms with van der Waals surface area (Å²) in [6.07, 6.45) is 3.30. The third-order valence-electron chi connectivity index (χ3n) is 5.28. The highest BCUT2D eigenvalue weighted by atomic mass is 16.2. The molecule has 4 rings (SSSR count). The van der Waals surface area contributed by atoms with Crippen molar-refractivity contribution in [3.8, 4) is 11.1 Å². The number of ketones is 1. The average molecular weight is 319 g/mol. The van der Waals surface area contributed by atoms with Crippen molar-refractivity contribution in [3.63, 3.8) is 0 Å². The fourth-order valence-electron chi connectivity index (χ4n) is 3.81. The van der Waals surface area contributed by atoms with Gasteiger partial charge in [-0.25, -0.2) is 0 Å². The summed E-state index contributed by atoms with van der Waals surface area (Å²) in [5.41, 5.74) is 3.94. The molecule has 1 amide bonds. The maximum Gasteiger partial charge on any atom is 0.253 e. The molecule has 1 unspecified atom stereocenters. The Morgan fingerprint density at radius 3 is 2.54 bits per heavy atom. The summed E-state index contributed by atoms with van der Waals surface area (Å²) < 4.78 is 0. The topological polar surface area (TPSA) is 37.4 Å². The van der Waals surface area contributed by atoms with Crippen molar-refractivity contribution >= 4 is 11.7 Å². The number of benzene rings is 2. The highest BCUT2D eigenvalue weighted by Gasteiger charge is 2.28. The maximum atomic E-state index is 12.9. The van der Waals surface area contributed by atoms with Crippen molar-refractivity contribution in [2.45, 2.75) is 26.2 Å². The molecule has 0 bridgehead atoms. The van der Waals surface area contributed by atoms with Gasteiger partial charge >= 0.3 is 0 Å². The van der Waals surface area contributed by atoms with Crippen LogP contribution < -0.4 is 0 Å². The minimum Gasteiger partial charge on any atom is -0.339 e. The summed E-state index contributed by atoms with van der Waals surface area (Å²) in [5.74, 6) is 0.759. The molecule has 1 fully saturated rings. The van der Waals surface area contributed by atoms with Gasteiger partial charge in [0.1, 0.15) is 0 Å². The first kappa shape index (κ1) is 15.1. The Balaban J connectivity index is 1.65. The van der Waals surface area contributed by atoms with Crippen molar-refractivity contribution in [3.05, 3.63) is 59.2 Å². The summed E-state index contributed by atoms with van der Waals surface area (Å²) in [4.78, 5) is 27.4. The molecule has 1 aliphatic heterocycles. The van der Waals surface area contributed by atoms with E-state index in [9.17, 15) is 9.59 Å². The smallest absolute Gasteiger partial charge is 0.253 e. The molecule has 0 saturated carbocycles. The molecule has 24 heavy (non-hydrogen) atoms. The number of likely N-dealkylation sites (tertiary alicyclic amines) is 1. The van der Waals surface area contributed by atoms with Crippen LogP contribution in [0, 0.1) is 5.92 Å². The van der Waals surface area contributed by atoms with Gasteiger partial charge in [0.25, 0.3) is 5.91 Å². The van der Waals surface area contributed by atoms with E-state index in [1.807, 2.05) is 41.3 Å². The molecule has 1 atom stereocenters. The molecular formula is C21H21NO2. The second-order valence-corrected chi connectivity index (χ2v) is 6.96. The van der Waals surface area contributed by atoms with Gasteiger partial charge in [-0.05, 0) is 48.4 Å². The number of rotatable bonds is 1. The average Bonchev–Trinajstić information content (AvgIpc) is 2.74. The van der Waals surface area contributed by atoms with E-state index in [1.165, 1.54) is 6.42 Å². The molecule has 122 valence electrons. The molecule has 3 nitrogen and oxygen atoms in total. The fourth-order valence-corrected chi connectivity index (χ4v) is 3.81. The van der Waals surface area contributed by atoms with Crippen molar-refractivity contribution in [1.29, 1.82) is 0 Å². The lowest BCUT2D eigenvalue weighted by Gasteiger charge is -2.20. The molecule has 0 radical (unpaired) electrons. The Kier molecular flexibility index (Phi) is 3.72. The van der Waals surface area contributed by atoms with Crippen LogP contribution >= 0.6 is 0 Å². The molecule has 0 spiro atoms. The zero-order valence-corrected chi connectivity index (χ0v) is 13.9. The van der Waals surface area contributed by atoms with Crippen LogP contribution in [0.25, 0.3) is 11.1 Å². The second kappa shape index (κ2) is 5.90. The lowest BCUT2D eigenvalue weighted by Crippen LogP contribution is -2.32. The van der Waals surface area contributed by atoms with Crippen LogP contribution in [0.5, 0.6) is 0 Å². The zero-order valence-electron chi connectivity index (χ0n) is 13.9. The van der Waals surface area contributed by atoms with Crippen LogP contribution in [-0.4, -0.2) is 29.7 Å². The summed E-state index contributed by atoms with van der Waals surface area (Å²) in [6, 6.07) is 13.2. The Bertz CT molecular complexity index is 824. The van der Waals surface area contributed by atoms with Crippen molar-refractivity contribution in [2.75, 3.05) is 13.1 Å². The lowest BCUT2D eigenvalue weighted by atomic mass is 10.0. The molecular weight excluding hydrogens is 298 g/mol. The predicted octanol–water partition coefficient (Wildman–Crippen LogP) is 4.16. The molecule has 2 aromatic rings. The number of carbonyl (C=O) groups is 2. The van der Waals surface area contributed by atoms with Gasteiger partial charge in [-0.2, -0.15) is 0 Å². The van der Waals surface area contributed by atoms with Gasteiger partial charge in [0.05, 0.1) is 0 Å². The molecule has 0 N–H and O–H groups in total. The summed E-state index contributed by atoms with van der Waals surface area (Å²) in [6.45, 7) is 3.87. The summed E-state index contributed by atoms with van der Waals surface area (Å²) in [7, 11) is 0. The van der Waals surface area contributed by atoms with Crippen LogP contribution in [0.2, 0.25) is 0 Å². The predicted molar refractivity (Wildman–Crippen MR) is 94.2 cm³/mol. The van der Waals surface area contributed by atoms with Crippen LogP contribution in [0.3, 0.4) is 0 Å². The minimum atomic E-state index is 0.0275. The quantitative estimate of drug-likeness (QED) is 0.675. The third kappa shape index (κ3) is 2.44. The molecule has 1 saturated heterocycles. The third-order valence-corrected chi connectivity index (χ3v) is 5.28. The summed E-state index contributed by atoms with van der Waals surface area (Å²) >= 11 is 0. The molecule has 1 aliphatic carbocycles. The Morgan fingerprint density at radius 1 is 0.958 bits per heavy atom. The number of amides is 1. The maximum absolute atomic E-state index is 12.9. The van der Waals surface area contributed by atoms with Gasteiger partial charge in [0, 0.05) is 29.8 Å². The SMILES string of the molecule is CC1CCCN(C(=O)c2ccc3c(c2)C(=O)c2ccccc2-3)CC1. The van der Waals surface area contributed by atoms with E-state index in [1.54, 1.807) is 6.07 Å². The Labute approximate surface area is 142 Å². The van der Waals surface area contributed by atoms with Crippen molar-refractivity contribution < 1.29 is 9.59 Å². The fraction of sp³-hybridized carbons (Fsp3) is 0.333. The molecule has 2 aromatic carbocycles. The van der Waals surface area contributed by atoms with E-state index < -0.39 is 0 Å². The van der Waals surface area contributed by atoms with E-state index in [0.717, 1.165) is 42.6 Å². The van der Waals surface area contributed by atoms with Gasteiger partial charge in [-0.3, -0.25) is 9.59 Å². The largest absolute Gasteiger partial charge is 0.339 e. The second-order valence-electron chi connectivity index (χ2n) is 6.96. The highest BCUT2D eigenvalue weighted by Crippen LogP contribution is 2.36. The number of carbonyl (C=O) groups excluding carboxylic acids is 2. The van der Waals surface area contributed by atoms with E-state index in [2.05, 4.69) is 6.92 Å². The van der Waals surface area contributed by atoms with E-state index in [0.29, 0.717) is 17.0 Å². The van der Waals surface area contributed by atoms with E-state index in [4.69, 9.17) is 0 Å². The first-order valence-corrected chi connectivity index (χ1v) is 8.72. The number of fused-ring (bicyclic) bond motifs is 3. The van der Waals surface area contributed by atoms with E-state index in [-0.39, 0.29) is 11.7 Å². The van der Waals surface area contributed by atoms with Gasteiger partial charge < -0.3 is 4.90 Å². The van der Waals surface area contributed by atoms with Gasteiger partial charge in [0.2, 0.25) is 0 Å². The molecule has 3 heteroatoms. The van der Waals surface area contributed by atoms with Crippen LogP contribution in [0.15, 0.2) is 42.5 Å². The normalized spacial score (nSPS) is 19.6.